The number of hydrogen-bond acceptors (Lipinski definition) is 15. The third-order valence-corrected chi connectivity index (χ3v) is 17.5. The zero-order chi connectivity index (χ0) is 69.0. The van der Waals surface area contributed by atoms with E-state index < -0.39 is 97.5 Å². The molecular weight excluding hydrogens is 1230 g/mol. The van der Waals surface area contributed by atoms with Gasteiger partial charge in [0.2, 0.25) is 0 Å². The molecule has 0 rings (SSSR count). The van der Waals surface area contributed by atoms with Crippen molar-refractivity contribution in [2.75, 3.05) is 39.6 Å². The van der Waals surface area contributed by atoms with Crippen LogP contribution in [0, 0.1) is 0 Å². The lowest BCUT2D eigenvalue weighted by atomic mass is 10.1. The maximum atomic E-state index is 13.0. The van der Waals surface area contributed by atoms with E-state index in [2.05, 4.69) is 101 Å². The first kappa shape index (κ1) is 90.5. The van der Waals surface area contributed by atoms with Gasteiger partial charge in [0.15, 0.2) is 12.2 Å². The molecule has 0 amide bonds. The molecule has 0 heterocycles. The minimum absolute atomic E-state index is 0.0839. The first-order valence-corrected chi connectivity index (χ1v) is 40.2. The Kier molecular flexibility index (Phi) is 65.5. The number of aliphatic hydroxyl groups excluding tert-OH is 1. The van der Waals surface area contributed by atoms with Gasteiger partial charge in [-0.05, 0) is 122 Å². The number of unbranched alkanes of at least 4 members (excludes halogenated alkanes) is 32. The predicted octanol–water partition coefficient (Wildman–Crippen LogP) is 20.9. The van der Waals surface area contributed by atoms with Crippen LogP contribution in [0.4, 0.5) is 0 Å². The molecule has 17 nitrogen and oxygen atoms in total. The van der Waals surface area contributed by atoms with Crippen molar-refractivity contribution in [1.82, 2.24) is 0 Å². The fourth-order valence-corrected chi connectivity index (χ4v) is 11.5. The molecule has 5 atom stereocenters. The SMILES string of the molecule is CC/C=C\C/C=C\C/C=C\CCCCCCCCCC(=O)OCC(COP(=O)(O)OCC(O)COP(=O)(O)OCC(COC(=O)CCCCCCC/C=C\CCCCCCCC)OC(=O)CCCCCCC/C=C\CCCC)OC(=O)CCCCCCC/C=C\CCCC. The molecule has 0 saturated heterocycles. The van der Waals surface area contributed by atoms with E-state index >= 15 is 0 Å². The van der Waals surface area contributed by atoms with E-state index in [-0.39, 0.29) is 25.7 Å². The van der Waals surface area contributed by atoms with E-state index in [1.807, 2.05) is 0 Å². The number of carbonyl (C=O) groups is 4. The molecule has 0 aliphatic rings. The third kappa shape index (κ3) is 67.1. The minimum atomic E-state index is -4.97. The number of phosphoric ester groups is 2. The molecule has 5 unspecified atom stereocenters. The number of hydrogen-bond donors (Lipinski definition) is 3. The number of carbonyl (C=O) groups excluding carboxylic acids is 4. The van der Waals surface area contributed by atoms with Crippen molar-refractivity contribution in [1.29, 1.82) is 0 Å². The van der Waals surface area contributed by atoms with Crippen LogP contribution in [0.2, 0.25) is 0 Å². The van der Waals surface area contributed by atoms with Gasteiger partial charge in [-0.15, -0.1) is 0 Å². The molecule has 19 heteroatoms. The highest BCUT2D eigenvalue weighted by atomic mass is 31.2. The van der Waals surface area contributed by atoms with Crippen LogP contribution in [0.5, 0.6) is 0 Å². The number of rotatable bonds is 70. The standard InChI is InChI=1S/C75H134O17P2/c1-5-9-13-17-21-25-29-31-33-34-36-38-42-44-48-52-56-60-73(78)86-66-71(92-75(80)62-58-54-50-46-40-28-24-20-16-12-8-4)68-90-94(83,84)88-64-69(76)63-87-93(81,82)89-67-70(91-74(79)61-57-53-49-45-39-27-23-19-15-11-7-3)65-85-72(77)59-55-51-47-43-41-37-35-32-30-26-22-18-14-10-6-2/h9,13,19-21,23-25,31-33,35,69-71,76H,5-8,10-12,14-18,22,26-30,34,36-68H2,1-4H3,(H,81,82)(H,83,84)/b13-9-,23-19-,24-20-,25-21-,33-31-,35-32-. The average molecular weight is 1370 g/mol. The summed E-state index contributed by atoms with van der Waals surface area (Å²) in [6.45, 7) is 4.66. The average Bonchev–Trinajstić information content (AvgIpc) is 1.32. The topological polar surface area (TPSA) is 237 Å². The Balaban J connectivity index is 5.28. The van der Waals surface area contributed by atoms with Gasteiger partial charge in [-0.1, -0.05) is 248 Å². The first-order chi connectivity index (χ1) is 45.7. The van der Waals surface area contributed by atoms with Crippen LogP contribution < -0.4 is 0 Å². The lowest BCUT2D eigenvalue weighted by molar-refractivity contribution is -0.161. The van der Waals surface area contributed by atoms with Crippen molar-refractivity contribution in [3.63, 3.8) is 0 Å². The van der Waals surface area contributed by atoms with Gasteiger partial charge in [-0.25, -0.2) is 9.13 Å². The summed E-state index contributed by atoms with van der Waals surface area (Å²) >= 11 is 0. The fourth-order valence-electron chi connectivity index (χ4n) is 9.90. The lowest BCUT2D eigenvalue weighted by Crippen LogP contribution is -2.30. The monoisotopic (exact) mass is 1370 g/mol. The molecule has 0 radical (unpaired) electrons. The summed E-state index contributed by atoms with van der Waals surface area (Å²) in [5.74, 6) is -2.20. The highest BCUT2D eigenvalue weighted by Crippen LogP contribution is 2.45. The summed E-state index contributed by atoms with van der Waals surface area (Å²) in [6, 6.07) is 0. The maximum absolute atomic E-state index is 13.0. The molecule has 0 aromatic carbocycles. The Morgan fingerprint density at radius 1 is 0.309 bits per heavy atom. The van der Waals surface area contributed by atoms with E-state index in [1.165, 1.54) is 64.2 Å². The molecule has 0 aromatic rings. The molecule has 94 heavy (non-hydrogen) atoms. The van der Waals surface area contributed by atoms with E-state index in [0.29, 0.717) is 25.7 Å². The highest BCUT2D eigenvalue weighted by molar-refractivity contribution is 7.47. The van der Waals surface area contributed by atoms with Crippen LogP contribution in [-0.2, 0) is 65.4 Å². The van der Waals surface area contributed by atoms with Crippen LogP contribution in [0.15, 0.2) is 72.9 Å². The van der Waals surface area contributed by atoms with Gasteiger partial charge in [0.05, 0.1) is 26.4 Å². The zero-order valence-electron chi connectivity index (χ0n) is 59.4. The lowest BCUT2D eigenvalue weighted by Gasteiger charge is -2.21. The van der Waals surface area contributed by atoms with Gasteiger partial charge in [-0.3, -0.25) is 37.3 Å². The predicted molar refractivity (Wildman–Crippen MR) is 381 cm³/mol. The Morgan fingerprint density at radius 3 is 0.894 bits per heavy atom. The summed E-state index contributed by atoms with van der Waals surface area (Å²) < 4.78 is 68.3. The largest absolute Gasteiger partial charge is 0.472 e. The van der Waals surface area contributed by atoms with Crippen LogP contribution in [0.3, 0.4) is 0 Å². The molecule has 0 aliphatic heterocycles. The quantitative estimate of drug-likeness (QED) is 0.0169. The molecule has 0 bridgehead atoms. The third-order valence-electron chi connectivity index (χ3n) is 15.6. The van der Waals surface area contributed by atoms with Gasteiger partial charge in [0.1, 0.15) is 19.3 Å². The molecule has 0 saturated carbocycles. The van der Waals surface area contributed by atoms with E-state index in [9.17, 15) is 43.2 Å². The van der Waals surface area contributed by atoms with Crippen LogP contribution in [0.25, 0.3) is 0 Å². The Bertz CT molecular complexity index is 2070. The summed E-state index contributed by atoms with van der Waals surface area (Å²) in [7, 11) is -9.94. The molecule has 546 valence electrons. The normalized spacial score (nSPS) is 14.4. The van der Waals surface area contributed by atoms with Crippen molar-refractivity contribution < 1.29 is 80.2 Å². The number of phosphoric acid groups is 2. The molecule has 3 N–H and O–H groups in total. The molecule has 0 aliphatic carbocycles. The summed E-state index contributed by atoms with van der Waals surface area (Å²) in [5, 5.41) is 10.6. The second-order valence-corrected chi connectivity index (χ2v) is 27.8. The minimum Gasteiger partial charge on any atom is -0.462 e. The Morgan fingerprint density at radius 2 is 0.564 bits per heavy atom. The molecule has 0 aromatic heterocycles. The van der Waals surface area contributed by atoms with Crippen molar-refractivity contribution >= 4 is 39.5 Å². The smallest absolute Gasteiger partial charge is 0.462 e. The van der Waals surface area contributed by atoms with E-state index in [4.69, 9.17) is 37.0 Å². The Hall–Kier alpha value is -3.50. The number of aliphatic hydroxyl groups is 1. The van der Waals surface area contributed by atoms with Crippen LogP contribution in [0.1, 0.15) is 323 Å². The second kappa shape index (κ2) is 68.0. The maximum Gasteiger partial charge on any atom is 0.472 e. The van der Waals surface area contributed by atoms with Crippen LogP contribution >= 0.6 is 15.6 Å². The fraction of sp³-hybridized carbons (Fsp3) is 0.787. The number of esters is 4. The zero-order valence-corrected chi connectivity index (χ0v) is 61.2. The summed E-state index contributed by atoms with van der Waals surface area (Å²) in [4.78, 5) is 72.6. The Labute approximate surface area is 571 Å². The van der Waals surface area contributed by atoms with Crippen molar-refractivity contribution in [3.8, 4) is 0 Å². The molecule has 0 spiro atoms. The molecular formula is C75H134O17P2. The second-order valence-electron chi connectivity index (χ2n) is 24.8. The van der Waals surface area contributed by atoms with Gasteiger partial charge in [0.25, 0.3) is 0 Å². The first-order valence-electron chi connectivity index (χ1n) is 37.2. The van der Waals surface area contributed by atoms with Crippen molar-refractivity contribution in [2.45, 2.75) is 341 Å². The van der Waals surface area contributed by atoms with Gasteiger partial charge < -0.3 is 33.8 Å². The highest BCUT2D eigenvalue weighted by Gasteiger charge is 2.30. The number of ether oxygens (including phenoxy) is 4. The molecule has 0 fully saturated rings. The van der Waals surface area contributed by atoms with Crippen molar-refractivity contribution in [3.05, 3.63) is 72.9 Å². The van der Waals surface area contributed by atoms with Gasteiger partial charge >= 0.3 is 39.5 Å². The number of allylic oxidation sites excluding steroid dienone is 12. The summed E-state index contributed by atoms with van der Waals surface area (Å²) in [6.07, 6.45) is 66.2. The van der Waals surface area contributed by atoms with Gasteiger partial charge in [0, 0.05) is 25.7 Å². The van der Waals surface area contributed by atoms with Crippen molar-refractivity contribution in [2.24, 2.45) is 0 Å². The van der Waals surface area contributed by atoms with E-state index in [1.54, 1.807) is 0 Å². The van der Waals surface area contributed by atoms with Gasteiger partial charge in [-0.2, -0.15) is 0 Å². The van der Waals surface area contributed by atoms with E-state index in [0.717, 1.165) is 180 Å². The van der Waals surface area contributed by atoms with Crippen LogP contribution in [-0.4, -0.2) is 96.7 Å². The summed E-state index contributed by atoms with van der Waals surface area (Å²) in [5.41, 5.74) is 0.